The summed E-state index contributed by atoms with van der Waals surface area (Å²) >= 11 is 82.5. The van der Waals surface area contributed by atoms with E-state index in [1.165, 1.54) is 11.1 Å². The maximum absolute atomic E-state index is 10.9. The van der Waals surface area contributed by atoms with Crippen LogP contribution in [0.5, 0.6) is 0 Å². The van der Waals surface area contributed by atoms with E-state index >= 15 is 0 Å². The Hall–Kier alpha value is -8.62. The second-order valence-corrected chi connectivity index (χ2v) is 128. The number of nitrogens with zero attached hydrogens (tertiary/aromatic N) is 2. The van der Waals surface area contributed by atoms with E-state index in [0.717, 1.165) is 110 Å². The van der Waals surface area contributed by atoms with Crippen molar-refractivity contribution in [3.63, 3.8) is 0 Å². The molecule has 0 N–H and O–H groups in total. The molecule has 3 fully saturated rings. The standard InChI is InChI=1S/C94H82Cl8N2P2Si5.2C7H8/c1-69(2)79-65-85(89(71-41-17-5-18-42-71)72-43-19-6-20-44-72)93(86(66-79)90(73-45-21-7-22-46-73)74-47-23-8-24-48-74)103-105(81-57-33-13-34-58-81,82-59-35-14-36-60-82)110(103,101)107(95,96)108(97,98)111(102,109(110,99)100)104(106(111,83-61-37-15-38-62-83)84-63-39-16-40-64-84)94-87(91(75-49-25-9-26-50-75)76-51-27-10-28-52-76)67-80(70(3)4)68-88(94)92(77-53-29-11-30-54-77)78-55-31-12-32-56-78;2*1-7-5-3-2-4-6-7/h5-70,89-92H,1-4H3;2*2-6H,1H3. The SMILES string of the molecule is CC(C)c1cc(C(c2ccccc2)c2ccccc2)c(N2[P+](c3ccccc3)(c3ccccc3)[Si-]23(Cl)[Si](Cl)(Cl)[Si](Cl)(Cl)[Si-]2(Cl)(N(c4c(C(c5ccccc5)c5ccccc5)cc(C(C)C)cc4C(c4ccccc4)c4ccccc4)[P+]2(c2ccccc2)c2ccccc2)[Si]3(Cl)Cl)c(C(c2ccccc2)c2ccccc2)c1.Cc1ccccc1.Cc1ccccc1. The number of hydrogen-bond donors (Lipinski definition) is 0. The second-order valence-electron chi connectivity index (χ2n) is 33.8. The van der Waals surface area contributed by atoms with Crippen molar-refractivity contribution >= 4 is 163 Å². The Morgan fingerprint density at radius 2 is 0.376 bits per heavy atom. The molecule has 0 unspecified atom stereocenters. The summed E-state index contributed by atoms with van der Waals surface area (Å²) in [5.41, 5.74) is -9.21. The van der Waals surface area contributed by atoms with Gasteiger partial charge in [0.2, 0.25) is 0 Å². The van der Waals surface area contributed by atoms with Crippen LogP contribution in [0, 0.1) is 13.8 Å². The Morgan fingerprint density at radius 1 is 0.224 bits per heavy atom. The Balaban J connectivity index is 0.000000720. The normalized spacial score (nSPS) is 17.2. The molecule has 0 bridgehead atoms. The van der Waals surface area contributed by atoms with E-state index in [4.69, 9.17) is 0 Å². The molecule has 0 radical (unpaired) electrons. The van der Waals surface area contributed by atoms with Crippen LogP contribution in [0.4, 0.5) is 11.4 Å². The third-order valence-electron chi connectivity index (χ3n) is 25.9. The van der Waals surface area contributed by atoms with Gasteiger partial charge < -0.3 is 0 Å². The number of halogens is 8. The van der Waals surface area contributed by atoms with Crippen LogP contribution >= 0.6 is 103 Å². The summed E-state index contributed by atoms with van der Waals surface area (Å²) in [5, 5.41) is 3.66. The van der Waals surface area contributed by atoms with Gasteiger partial charge in [-0.15, -0.1) is 0 Å². The third-order valence-corrected chi connectivity index (χ3v) is 253. The molecule has 0 saturated carbocycles. The first-order valence-corrected chi connectivity index (χ1v) is 72.0. The largest absolute Gasteiger partial charge is 0.0622 e. The molecule has 2 spiro atoms. The molecule has 0 amide bonds. The predicted octanol–water partition coefficient (Wildman–Crippen LogP) is 30.6. The van der Waals surface area contributed by atoms with Crippen LogP contribution in [0.2, 0.25) is 0 Å². The molecule has 3 saturated heterocycles. The quantitative estimate of drug-likeness (QED) is 0.0247. The van der Waals surface area contributed by atoms with Crippen molar-refractivity contribution in [2.45, 2.75) is 77.0 Å². The first-order chi connectivity index (χ1) is 60.6. The number of aryl methyl sites for hydroxylation is 2. The van der Waals surface area contributed by atoms with E-state index in [9.17, 15) is 88.6 Å². The molecule has 3 aliphatic rings. The van der Waals surface area contributed by atoms with Gasteiger partial charge in [0.25, 0.3) is 0 Å². The monoisotopic (exact) mass is 1900 g/mol. The van der Waals surface area contributed by atoms with Gasteiger partial charge in [-0.1, -0.05) is 71.8 Å². The van der Waals surface area contributed by atoms with Crippen molar-refractivity contribution in [2.75, 3.05) is 8.67 Å². The average Bonchev–Trinajstić information content (AvgIpc) is 1.34. The molecule has 16 aromatic rings. The fraction of sp³-hybridized carbons (Fsp3) is 0.111. The van der Waals surface area contributed by atoms with Crippen molar-refractivity contribution in [3.8, 4) is 0 Å². The minimum atomic E-state index is -6.30. The summed E-state index contributed by atoms with van der Waals surface area (Å²) in [4.78, 5) is 0. The van der Waals surface area contributed by atoms with Gasteiger partial charge in [0, 0.05) is 0 Å². The molecule has 0 atom stereocenters. The van der Waals surface area contributed by atoms with Crippen molar-refractivity contribution in [3.05, 3.63) is 538 Å². The molecule has 3 heterocycles. The molecule has 125 heavy (non-hydrogen) atoms. The molecule has 16 aromatic carbocycles. The van der Waals surface area contributed by atoms with Gasteiger partial charge in [0.15, 0.2) is 0 Å². The van der Waals surface area contributed by atoms with Crippen LogP contribution in [0.15, 0.2) is 449 Å². The Labute approximate surface area is 779 Å². The smallest absolute Gasteiger partial charge is 0.0398 e. The summed E-state index contributed by atoms with van der Waals surface area (Å²) in [6, 6.07) is 160. The zero-order chi connectivity index (χ0) is 87.0. The third kappa shape index (κ3) is 13.8. The predicted molar refractivity (Wildman–Crippen MR) is 557 cm³/mol. The number of rotatable bonds is 20. The van der Waals surface area contributed by atoms with Gasteiger partial charge in [-0.25, -0.2) is 0 Å². The second kappa shape index (κ2) is 35.8. The summed E-state index contributed by atoms with van der Waals surface area (Å²) < 4.78 is 5.29. The van der Waals surface area contributed by atoms with Crippen LogP contribution in [0.25, 0.3) is 0 Å². The van der Waals surface area contributed by atoms with Gasteiger partial charge in [-0.3, -0.25) is 0 Å². The van der Waals surface area contributed by atoms with Crippen LogP contribution in [-0.4, -0.2) is 28.2 Å². The van der Waals surface area contributed by atoms with E-state index in [1.54, 1.807) is 0 Å². The molecule has 626 valence electrons. The topological polar surface area (TPSA) is 6.02 Å². The summed E-state index contributed by atoms with van der Waals surface area (Å²) in [5.74, 6) is -1.76. The summed E-state index contributed by atoms with van der Waals surface area (Å²) in [7, 11) is 0. The average molecular weight is 1910 g/mol. The van der Waals surface area contributed by atoms with Gasteiger partial charge >= 0.3 is 701 Å². The van der Waals surface area contributed by atoms with Gasteiger partial charge in [0.05, 0.1) is 0 Å². The van der Waals surface area contributed by atoms with Crippen molar-refractivity contribution in [2.24, 2.45) is 0 Å². The first-order valence-electron chi connectivity index (χ1n) is 42.8. The van der Waals surface area contributed by atoms with Gasteiger partial charge in [0.1, 0.15) is 0 Å². The van der Waals surface area contributed by atoms with Gasteiger partial charge in [-0.05, 0) is 13.8 Å². The van der Waals surface area contributed by atoms with E-state index in [0.29, 0.717) is 0 Å². The number of benzene rings is 16. The van der Waals surface area contributed by atoms with Crippen LogP contribution in [0.3, 0.4) is 0 Å². The molecule has 0 aromatic heterocycles. The minimum Gasteiger partial charge on any atom is -0.0622 e. The molecule has 0 aliphatic carbocycles. The Morgan fingerprint density at radius 3 is 0.520 bits per heavy atom. The van der Waals surface area contributed by atoms with E-state index in [-0.39, 0.29) is 11.8 Å². The van der Waals surface area contributed by atoms with E-state index in [1.807, 2.05) is 36.4 Å². The van der Waals surface area contributed by atoms with Crippen LogP contribution < -0.4 is 29.9 Å². The van der Waals surface area contributed by atoms with Crippen LogP contribution in [0.1, 0.15) is 152 Å². The maximum Gasteiger partial charge on any atom is -0.0398 e. The first kappa shape index (κ1) is 88.4. The minimum absolute atomic E-state index is 0.0213. The summed E-state index contributed by atoms with van der Waals surface area (Å²) in [6.07, 6.45) is 0. The molecule has 2 nitrogen and oxygen atoms in total. The Kier molecular flexibility index (Phi) is 25.3. The van der Waals surface area contributed by atoms with E-state index < -0.39 is 65.8 Å². The molecule has 19 rings (SSSR count). The zero-order valence-corrected chi connectivity index (χ0v) is 83.3. The zero-order valence-electron chi connectivity index (χ0n) is 70.5. The fourth-order valence-electron chi connectivity index (χ4n) is 20.3. The molecular weight excluding hydrogens is 1810 g/mol. The van der Waals surface area contributed by atoms with Gasteiger partial charge in [-0.2, -0.15) is 0 Å². The fourth-order valence-corrected chi connectivity index (χ4v) is 444. The maximum atomic E-state index is 10.9. The molecular formula is C108H98Cl8N2P2Si5. The Bertz CT molecular complexity index is 5560. The van der Waals surface area contributed by atoms with E-state index in [2.05, 4.69) is 463 Å². The van der Waals surface area contributed by atoms with Crippen molar-refractivity contribution in [1.82, 2.24) is 0 Å². The van der Waals surface area contributed by atoms with Crippen LogP contribution in [-0.2, 0) is 0 Å². The molecule has 3 aliphatic heterocycles. The number of hydrogen-bond acceptors (Lipinski definition) is 2. The number of anilines is 2. The molecule has 17 heteroatoms. The summed E-state index contributed by atoms with van der Waals surface area (Å²) in [6.45, 7) is 5.44. The van der Waals surface area contributed by atoms with Crippen molar-refractivity contribution < 1.29 is 0 Å². The van der Waals surface area contributed by atoms with Crippen molar-refractivity contribution in [1.29, 1.82) is 0 Å².